The van der Waals surface area contributed by atoms with Gasteiger partial charge in [-0.2, -0.15) is 0 Å². The number of carbonyl (C=O) groups is 1. The van der Waals surface area contributed by atoms with Crippen LogP contribution < -0.4 is 10.2 Å². The first kappa shape index (κ1) is 20.8. The third kappa shape index (κ3) is 5.18. The molecule has 0 bridgehead atoms. The van der Waals surface area contributed by atoms with Gasteiger partial charge in [0, 0.05) is 42.6 Å². The minimum absolute atomic E-state index is 0.00695. The number of piperidine rings is 1. The highest BCUT2D eigenvalue weighted by molar-refractivity contribution is 5.91. The van der Waals surface area contributed by atoms with Crippen molar-refractivity contribution >= 4 is 23.1 Å². The van der Waals surface area contributed by atoms with Crippen LogP contribution in [0.15, 0.2) is 67.4 Å². The van der Waals surface area contributed by atoms with Gasteiger partial charge in [0.05, 0.1) is 5.69 Å². The van der Waals surface area contributed by atoms with Gasteiger partial charge >= 0.3 is 0 Å². The fourth-order valence-electron chi connectivity index (χ4n) is 3.96. The maximum Gasteiger partial charge on any atom is 0.227 e. The van der Waals surface area contributed by atoms with E-state index < -0.39 is 0 Å². The highest BCUT2D eigenvalue weighted by Crippen LogP contribution is 2.27. The molecule has 0 spiro atoms. The van der Waals surface area contributed by atoms with Gasteiger partial charge in [-0.15, -0.1) is 0 Å². The first-order chi connectivity index (χ1) is 15.1. The molecule has 1 aliphatic rings. The van der Waals surface area contributed by atoms with Crippen LogP contribution in [-0.2, 0) is 11.2 Å². The second-order valence-corrected chi connectivity index (χ2v) is 8.00. The molecule has 1 fully saturated rings. The number of nitrogens with zero attached hydrogens (tertiary/aromatic N) is 3. The molecule has 0 amide bonds. The van der Waals surface area contributed by atoms with Crippen molar-refractivity contribution in [1.82, 2.24) is 9.97 Å². The summed E-state index contributed by atoms with van der Waals surface area (Å²) in [5, 5.41) is 3.36. The molecule has 3 aromatic rings. The molecule has 1 aliphatic heterocycles. The van der Waals surface area contributed by atoms with Crippen molar-refractivity contribution in [3.05, 3.63) is 78.5 Å². The fourth-order valence-corrected chi connectivity index (χ4v) is 3.96. The third-order valence-electron chi connectivity index (χ3n) is 5.60. The first-order valence-corrected chi connectivity index (χ1v) is 10.8. The van der Waals surface area contributed by atoms with E-state index in [-0.39, 0.29) is 5.78 Å². The number of ketones is 1. The van der Waals surface area contributed by atoms with Crippen LogP contribution in [0.4, 0.5) is 17.3 Å². The van der Waals surface area contributed by atoms with E-state index in [1.165, 1.54) is 31.0 Å². The van der Waals surface area contributed by atoms with Crippen LogP contribution >= 0.6 is 0 Å². The Kier molecular flexibility index (Phi) is 6.41. The third-order valence-corrected chi connectivity index (χ3v) is 5.60. The second kappa shape index (κ2) is 9.56. The van der Waals surface area contributed by atoms with E-state index in [0.29, 0.717) is 12.4 Å². The van der Waals surface area contributed by atoms with Gasteiger partial charge in [0.15, 0.2) is 5.78 Å². The predicted molar refractivity (Wildman–Crippen MR) is 127 cm³/mol. The zero-order valence-electron chi connectivity index (χ0n) is 18.0. The van der Waals surface area contributed by atoms with E-state index in [1.807, 2.05) is 43.5 Å². The maximum absolute atomic E-state index is 11.7. The van der Waals surface area contributed by atoms with Crippen LogP contribution in [0.3, 0.4) is 0 Å². The summed E-state index contributed by atoms with van der Waals surface area (Å²) in [6, 6.07) is 16.4. The lowest BCUT2D eigenvalue weighted by Crippen LogP contribution is -2.29. The van der Waals surface area contributed by atoms with Gasteiger partial charge in [0.1, 0.15) is 0 Å². The average Bonchev–Trinajstić information content (AvgIpc) is 2.81. The van der Waals surface area contributed by atoms with Gasteiger partial charge in [-0.25, -0.2) is 9.97 Å². The molecule has 1 aromatic heterocycles. The highest BCUT2D eigenvalue weighted by atomic mass is 16.1. The lowest BCUT2D eigenvalue weighted by molar-refractivity contribution is -0.114. The molecular formula is C26H28N4O. The molecule has 1 N–H and O–H groups in total. The molecule has 31 heavy (non-hydrogen) atoms. The Hall–Kier alpha value is -3.47. The Bertz CT molecular complexity index is 1090. The van der Waals surface area contributed by atoms with Gasteiger partial charge in [-0.1, -0.05) is 30.8 Å². The number of carbonyl (C=O) groups excluding carboxylic acids is 1. The fraction of sp³-hybridized carbons (Fsp3) is 0.269. The maximum atomic E-state index is 11.7. The number of hydrogen-bond donors (Lipinski definition) is 1. The second-order valence-electron chi connectivity index (χ2n) is 8.00. The topological polar surface area (TPSA) is 58.1 Å². The normalized spacial score (nSPS) is 13.6. The van der Waals surface area contributed by atoms with Gasteiger partial charge in [0.2, 0.25) is 5.95 Å². The summed E-state index contributed by atoms with van der Waals surface area (Å²) in [4.78, 5) is 23.4. The molecule has 2 aromatic carbocycles. The lowest BCUT2D eigenvalue weighted by atomic mass is 10.0. The van der Waals surface area contributed by atoms with E-state index >= 15 is 0 Å². The summed E-state index contributed by atoms with van der Waals surface area (Å²) in [5.41, 5.74) is 5.97. The Morgan fingerprint density at radius 3 is 2.74 bits per heavy atom. The quantitative estimate of drug-likeness (QED) is 0.521. The van der Waals surface area contributed by atoms with Crippen molar-refractivity contribution in [2.24, 2.45) is 0 Å². The molecule has 2 heterocycles. The van der Waals surface area contributed by atoms with Crippen molar-refractivity contribution < 1.29 is 4.79 Å². The Labute approximate surface area is 183 Å². The van der Waals surface area contributed by atoms with Crippen LogP contribution in [-0.4, -0.2) is 28.8 Å². The molecule has 0 saturated carbocycles. The van der Waals surface area contributed by atoms with Gasteiger partial charge in [0.25, 0.3) is 0 Å². The number of nitrogens with one attached hydrogen (secondary N) is 1. The summed E-state index contributed by atoms with van der Waals surface area (Å²) >= 11 is 0. The smallest absolute Gasteiger partial charge is 0.227 e. The lowest BCUT2D eigenvalue weighted by Gasteiger charge is -2.29. The number of allylic oxidation sites excluding steroid dienone is 1. The number of aryl methyl sites for hydroxylation is 1. The number of benzene rings is 2. The molecule has 0 unspecified atom stereocenters. The molecular weight excluding hydrogens is 384 g/mol. The molecule has 5 nitrogen and oxygen atoms in total. The van der Waals surface area contributed by atoms with Crippen LogP contribution in [0.25, 0.3) is 11.3 Å². The van der Waals surface area contributed by atoms with Crippen molar-refractivity contribution in [2.75, 3.05) is 23.3 Å². The number of rotatable bonds is 7. The molecule has 0 atom stereocenters. The molecule has 0 radical (unpaired) electrons. The molecule has 158 valence electrons. The van der Waals surface area contributed by atoms with Gasteiger partial charge < -0.3 is 10.2 Å². The van der Waals surface area contributed by atoms with Crippen LogP contribution in [0.5, 0.6) is 0 Å². The van der Waals surface area contributed by atoms with Gasteiger partial charge in [-0.3, -0.25) is 4.79 Å². The Morgan fingerprint density at radius 2 is 1.94 bits per heavy atom. The average molecular weight is 413 g/mol. The van der Waals surface area contributed by atoms with Crippen molar-refractivity contribution in [3.8, 4) is 11.3 Å². The summed E-state index contributed by atoms with van der Waals surface area (Å²) in [6.07, 6.45) is 7.36. The van der Waals surface area contributed by atoms with Crippen molar-refractivity contribution in [1.29, 1.82) is 0 Å². The molecule has 5 heteroatoms. The summed E-state index contributed by atoms with van der Waals surface area (Å²) < 4.78 is 0. The minimum Gasteiger partial charge on any atom is -0.371 e. The molecule has 0 aliphatic carbocycles. The summed E-state index contributed by atoms with van der Waals surface area (Å²) in [7, 11) is 0. The summed E-state index contributed by atoms with van der Waals surface area (Å²) in [5.74, 6) is 0.566. The van der Waals surface area contributed by atoms with E-state index in [2.05, 4.69) is 40.0 Å². The zero-order chi connectivity index (χ0) is 21.6. The summed E-state index contributed by atoms with van der Waals surface area (Å²) in [6.45, 7) is 7.78. The Balaban J connectivity index is 1.57. The Morgan fingerprint density at radius 1 is 1.13 bits per heavy atom. The van der Waals surface area contributed by atoms with Crippen LogP contribution in [0.2, 0.25) is 0 Å². The SMILES string of the molecule is C=CC(=O)Cc1cccc(-c2nc(Nc3cccc(N4CCCCC4)c3)ncc2C)c1. The largest absolute Gasteiger partial charge is 0.371 e. The zero-order valence-corrected chi connectivity index (χ0v) is 18.0. The highest BCUT2D eigenvalue weighted by Gasteiger charge is 2.12. The predicted octanol–water partition coefficient (Wildman–Crippen LogP) is 5.48. The van der Waals surface area contributed by atoms with Crippen molar-refractivity contribution in [2.45, 2.75) is 32.6 Å². The molecule has 4 rings (SSSR count). The van der Waals surface area contributed by atoms with E-state index in [0.717, 1.165) is 41.2 Å². The van der Waals surface area contributed by atoms with E-state index in [1.54, 1.807) is 0 Å². The van der Waals surface area contributed by atoms with Crippen LogP contribution in [0.1, 0.15) is 30.4 Å². The minimum atomic E-state index is 0.00695. The number of anilines is 3. The van der Waals surface area contributed by atoms with E-state index in [9.17, 15) is 4.79 Å². The van der Waals surface area contributed by atoms with E-state index in [4.69, 9.17) is 4.98 Å². The van der Waals surface area contributed by atoms with Crippen molar-refractivity contribution in [3.63, 3.8) is 0 Å². The standard InChI is InChI=1S/C26H28N4O/c1-3-24(31)16-20-9-7-10-21(15-20)25-19(2)18-27-26(29-25)28-22-11-8-12-23(17-22)30-13-5-4-6-14-30/h3,7-12,15,17-18H,1,4-6,13-14,16H2,2H3,(H,27,28,29). The molecule has 1 saturated heterocycles. The number of aromatic nitrogens is 2. The number of hydrogen-bond acceptors (Lipinski definition) is 5. The van der Waals surface area contributed by atoms with Gasteiger partial charge in [-0.05, 0) is 67.7 Å². The first-order valence-electron chi connectivity index (χ1n) is 10.8. The monoisotopic (exact) mass is 412 g/mol. The van der Waals surface area contributed by atoms with Crippen LogP contribution in [0, 0.1) is 6.92 Å².